The lowest BCUT2D eigenvalue weighted by atomic mass is 9.85. The summed E-state index contributed by atoms with van der Waals surface area (Å²) in [6, 6.07) is 8.34. The Balaban J connectivity index is 2.01. The first-order valence-corrected chi connectivity index (χ1v) is 9.09. The average molecular weight is 366 g/mol. The number of ketones is 2. The number of benzene rings is 2. The Hall–Kier alpha value is -3.08. The van der Waals surface area contributed by atoms with Gasteiger partial charge in [-0.3, -0.25) is 9.59 Å². The Morgan fingerprint density at radius 3 is 2.33 bits per heavy atom. The average Bonchev–Trinajstić information content (AvgIpc) is 2.67. The highest BCUT2D eigenvalue weighted by Crippen LogP contribution is 2.42. The van der Waals surface area contributed by atoms with E-state index in [1.807, 2.05) is 0 Å². The Kier molecular flexibility index (Phi) is 5.31. The molecule has 0 unspecified atom stereocenters. The molecule has 0 aromatic heterocycles. The largest absolute Gasteiger partial charge is 0.507 e. The van der Waals surface area contributed by atoms with Gasteiger partial charge in [-0.05, 0) is 42.7 Å². The Morgan fingerprint density at radius 2 is 1.70 bits per heavy atom. The smallest absolute Gasteiger partial charge is 0.193 e. The maximum atomic E-state index is 12.5. The Labute approximate surface area is 157 Å². The third kappa shape index (κ3) is 3.45. The van der Waals surface area contributed by atoms with Crippen LogP contribution in [0.2, 0.25) is 0 Å². The fraction of sp³-hybridized carbons (Fsp3) is 0.273. The molecule has 2 N–H and O–H groups in total. The minimum absolute atomic E-state index is 0.125. The SMILES string of the molecule is CCCCOc1ccc(-c2cc(O)c3c(c2O)C(=O)C=C(CC)C3=O)cc1. The molecule has 0 atom stereocenters. The van der Waals surface area contributed by atoms with Crippen LogP contribution in [-0.4, -0.2) is 28.4 Å². The van der Waals surface area contributed by atoms with Gasteiger partial charge in [0.05, 0.1) is 17.7 Å². The van der Waals surface area contributed by atoms with E-state index in [-0.39, 0.29) is 22.6 Å². The van der Waals surface area contributed by atoms with E-state index in [1.54, 1.807) is 31.2 Å². The highest BCUT2D eigenvalue weighted by molar-refractivity contribution is 6.27. The molecule has 5 heteroatoms. The number of rotatable bonds is 6. The second-order valence-corrected chi connectivity index (χ2v) is 6.48. The third-order valence-corrected chi connectivity index (χ3v) is 4.66. The van der Waals surface area contributed by atoms with E-state index in [0.717, 1.165) is 12.8 Å². The Bertz CT molecular complexity index is 923. The quantitative estimate of drug-likeness (QED) is 0.574. The summed E-state index contributed by atoms with van der Waals surface area (Å²) in [6.07, 6.45) is 3.62. The van der Waals surface area contributed by atoms with Gasteiger partial charge in [0.25, 0.3) is 0 Å². The lowest BCUT2D eigenvalue weighted by Crippen LogP contribution is -2.17. The number of phenols is 2. The summed E-state index contributed by atoms with van der Waals surface area (Å²) in [6.45, 7) is 4.48. The summed E-state index contributed by atoms with van der Waals surface area (Å²) in [5, 5.41) is 21.0. The van der Waals surface area contributed by atoms with E-state index in [0.29, 0.717) is 35.5 Å². The van der Waals surface area contributed by atoms with E-state index in [2.05, 4.69) is 6.92 Å². The molecule has 0 spiro atoms. The zero-order chi connectivity index (χ0) is 19.6. The number of unbranched alkanes of at least 4 members (excludes halogenated alkanes) is 1. The normalized spacial score (nSPS) is 13.3. The van der Waals surface area contributed by atoms with Crippen LogP contribution in [0.3, 0.4) is 0 Å². The van der Waals surface area contributed by atoms with Crippen molar-refractivity contribution in [2.45, 2.75) is 33.1 Å². The van der Waals surface area contributed by atoms with Crippen molar-refractivity contribution in [3.63, 3.8) is 0 Å². The number of fused-ring (bicyclic) bond motifs is 1. The van der Waals surface area contributed by atoms with Crippen molar-refractivity contribution in [2.75, 3.05) is 6.61 Å². The van der Waals surface area contributed by atoms with Crippen LogP contribution in [0, 0.1) is 0 Å². The highest BCUT2D eigenvalue weighted by atomic mass is 16.5. The van der Waals surface area contributed by atoms with Gasteiger partial charge in [-0.1, -0.05) is 32.4 Å². The summed E-state index contributed by atoms with van der Waals surface area (Å²) >= 11 is 0. The van der Waals surface area contributed by atoms with Crippen LogP contribution < -0.4 is 4.74 Å². The maximum absolute atomic E-state index is 12.5. The number of carbonyl (C=O) groups excluding carboxylic acids is 2. The second-order valence-electron chi connectivity index (χ2n) is 6.48. The van der Waals surface area contributed by atoms with Crippen molar-refractivity contribution in [3.8, 4) is 28.4 Å². The standard InChI is InChI=1S/C22H22O5/c1-3-5-10-27-15-8-6-14(7-9-15)16-12-18(24)19-20(22(16)26)17(23)11-13(4-2)21(19)25/h6-9,11-12,24,26H,3-5,10H2,1-2H3. The molecule has 3 rings (SSSR count). The first-order valence-electron chi connectivity index (χ1n) is 9.09. The zero-order valence-corrected chi connectivity index (χ0v) is 15.4. The van der Waals surface area contributed by atoms with Gasteiger partial charge < -0.3 is 14.9 Å². The van der Waals surface area contributed by atoms with E-state index < -0.39 is 11.6 Å². The molecule has 2 aromatic rings. The van der Waals surface area contributed by atoms with Crippen LogP contribution in [-0.2, 0) is 0 Å². The van der Waals surface area contributed by atoms with Crippen molar-refractivity contribution >= 4 is 11.6 Å². The number of hydrogen-bond acceptors (Lipinski definition) is 5. The minimum atomic E-state index is -0.476. The summed E-state index contributed by atoms with van der Waals surface area (Å²) in [4.78, 5) is 24.9. The molecule has 2 aromatic carbocycles. The van der Waals surface area contributed by atoms with Crippen molar-refractivity contribution in [1.82, 2.24) is 0 Å². The molecule has 0 fully saturated rings. The fourth-order valence-electron chi connectivity index (χ4n) is 3.13. The molecule has 0 bridgehead atoms. The first kappa shape index (κ1) is 18.7. The van der Waals surface area contributed by atoms with Crippen molar-refractivity contribution < 1.29 is 24.5 Å². The first-order chi connectivity index (χ1) is 13.0. The van der Waals surface area contributed by atoms with Crippen molar-refractivity contribution in [2.24, 2.45) is 0 Å². The number of carbonyl (C=O) groups is 2. The number of aromatic hydroxyl groups is 2. The zero-order valence-electron chi connectivity index (χ0n) is 15.4. The maximum Gasteiger partial charge on any atom is 0.193 e. The van der Waals surface area contributed by atoms with Crippen LogP contribution in [0.1, 0.15) is 53.8 Å². The molecular weight excluding hydrogens is 344 g/mol. The molecule has 0 saturated carbocycles. The molecule has 27 heavy (non-hydrogen) atoms. The van der Waals surface area contributed by atoms with Gasteiger partial charge in [0.15, 0.2) is 11.6 Å². The van der Waals surface area contributed by atoms with Gasteiger partial charge in [0.1, 0.15) is 17.2 Å². The molecule has 0 heterocycles. The number of allylic oxidation sites excluding steroid dienone is 2. The van der Waals surface area contributed by atoms with Crippen LogP contribution in [0.5, 0.6) is 17.2 Å². The minimum Gasteiger partial charge on any atom is -0.507 e. The molecule has 1 aliphatic rings. The summed E-state index contributed by atoms with van der Waals surface area (Å²) in [5.41, 5.74) is 0.957. The molecular formula is C22H22O5. The molecule has 0 saturated heterocycles. The number of hydrogen-bond donors (Lipinski definition) is 2. The van der Waals surface area contributed by atoms with Crippen molar-refractivity contribution in [3.05, 3.63) is 53.1 Å². The van der Waals surface area contributed by atoms with E-state index >= 15 is 0 Å². The summed E-state index contributed by atoms with van der Waals surface area (Å²) in [7, 11) is 0. The van der Waals surface area contributed by atoms with Crippen molar-refractivity contribution in [1.29, 1.82) is 0 Å². The third-order valence-electron chi connectivity index (χ3n) is 4.66. The molecule has 0 aliphatic heterocycles. The van der Waals surface area contributed by atoms with E-state index in [4.69, 9.17) is 4.74 Å². The topological polar surface area (TPSA) is 83.8 Å². The van der Waals surface area contributed by atoms with Gasteiger partial charge in [-0.25, -0.2) is 0 Å². The predicted octanol–water partition coefficient (Wildman–Crippen LogP) is 4.66. The van der Waals surface area contributed by atoms with Crippen LogP contribution >= 0.6 is 0 Å². The van der Waals surface area contributed by atoms with E-state index in [1.165, 1.54) is 12.1 Å². The molecule has 0 amide bonds. The van der Waals surface area contributed by atoms with E-state index in [9.17, 15) is 19.8 Å². The number of ether oxygens (including phenoxy) is 1. The van der Waals surface area contributed by atoms with Gasteiger partial charge in [-0.2, -0.15) is 0 Å². The molecule has 140 valence electrons. The van der Waals surface area contributed by atoms with Gasteiger partial charge in [0.2, 0.25) is 0 Å². The van der Waals surface area contributed by atoms with Gasteiger partial charge in [-0.15, -0.1) is 0 Å². The van der Waals surface area contributed by atoms with Crippen LogP contribution in [0.25, 0.3) is 11.1 Å². The number of Topliss-reactive ketones (excluding diaryl/α,β-unsaturated/α-hetero) is 1. The fourth-order valence-corrected chi connectivity index (χ4v) is 3.13. The van der Waals surface area contributed by atoms with Gasteiger partial charge in [0, 0.05) is 11.1 Å². The monoisotopic (exact) mass is 366 g/mol. The van der Waals surface area contributed by atoms with Gasteiger partial charge >= 0.3 is 0 Å². The molecule has 0 radical (unpaired) electrons. The Morgan fingerprint density at radius 1 is 1.00 bits per heavy atom. The second kappa shape index (κ2) is 7.66. The molecule has 1 aliphatic carbocycles. The van der Waals surface area contributed by atoms with Crippen LogP contribution in [0.4, 0.5) is 0 Å². The predicted molar refractivity (Wildman–Crippen MR) is 103 cm³/mol. The van der Waals surface area contributed by atoms with Crippen LogP contribution in [0.15, 0.2) is 42.0 Å². The number of phenolic OH excluding ortho intramolecular Hbond substituents is 2. The summed E-state index contributed by atoms with van der Waals surface area (Å²) in [5.74, 6) is -0.803. The highest BCUT2D eigenvalue weighted by Gasteiger charge is 2.32. The summed E-state index contributed by atoms with van der Waals surface area (Å²) < 4.78 is 5.62. The lowest BCUT2D eigenvalue weighted by molar-refractivity contribution is 0.0977. The molecule has 5 nitrogen and oxygen atoms in total. The lowest BCUT2D eigenvalue weighted by Gasteiger charge is -2.19.